The average molecular weight is 561 g/mol. The fourth-order valence-electron chi connectivity index (χ4n) is 2.70. The van der Waals surface area contributed by atoms with Gasteiger partial charge in [0.05, 0.1) is 42.9 Å². The Morgan fingerprint density at radius 2 is 1.82 bits per heavy atom. The number of esters is 1. The van der Waals surface area contributed by atoms with Gasteiger partial charge in [-0.25, -0.2) is 14.7 Å². The lowest BCUT2D eigenvalue weighted by Gasteiger charge is -2.11. The van der Waals surface area contributed by atoms with Crippen molar-refractivity contribution >= 4 is 108 Å². The summed E-state index contributed by atoms with van der Waals surface area (Å²) in [4.78, 5) is 47.3. The number of aromatic nitrogens is 1. The van der Waals surface area contributed by atoms with E-state index in [1.807, 2.05) is 0 Å². The van der Waals surface area contributed by atoms with Crippen molar-refractivity contribution in [1.29, 1.82) is 0 Å². The molecule has 0 spiro atoms. The summed E-state index contributed by atoms with van der Waals surface area (Å²) in [5, 5.41) is 1.29. The Morgan fingerprint density at radius 1 is 1.09 bits per heavy atom. The normalized spacial score (nSPS) is 16.3. The van der Waals surface area contributed by atoms with E-state index in [2.05, 4.69) is 14.7 Å². The predicted octanol–water partition coefficient (Wildman–Crippen LogP) is 6.24. The largest absolute Gasteiger partial charge is 0.466 e. The van der Waals surface area contributed by atoms with Gasteiger partial charge in [-0.05, 0) is 42.1 Å². The minimum absolute atomic E-state index is 0.00549. The summed E-state index contributed by atoms with van der Waals surface area (Å²) in [5.41, 5.74) is 0.592. The van der Waals surface area contributed by atoms with Gasteiger partial charge in [-0.3, -0.25) is 9.59 Å². The summed E-state index contributed by atoms with van der Waals surface area (Å²) in [7, 11) is 1.18. The summed E-state index contributed by atoms with van der Waals surface area (Å²) in [6.45, 7) is 0. The number of fused-ring (bicyclic) bond motifs is 1. The molecule has 33 heavy (non-hydrogen) atoms. The Labute approximate surface area is 214 Å². The number of hydrogen-bond donors (Lipinski definition) is 0. The Bertz CT molecular complexity index is 1360. The number of halogens is 4. The van der Waals surface area contributed by atoms with Gasteiger partial charge in [-0.1, -0.05) is 57.7 Å². The maximum absolute atomic E-state index is 13.1. The zero-order valence-corrected chi connectivity index (χ0v) is 20.9. The minimum Gasteiger partial charge on any atom is -0.466 e. The molecule has 168 valence electrons. The van der Waals surface area contributed by atoms with Crippen molar-refractivity contribution in [1.82, 2.24) is 4.98 Å². The highest BCUT2D eigenvalue weighted by Crippen LogP contribution is 2.40. The predicted molar refractivity (Wildman–Crippen MR) is 133 cm³/mol. The van der Waals surface area contributed by atoms with Crippen LogP contribution in [0, 0.1) is 0 Å². The molecule has 7 nitrogen and oxygen atoms in total. The smallest absolute Gasteiger partial charge is 0.331 e. The fourth-order valence-corrected chi connectivity index (χ4v) is 5.54. The van der Waals surface area contributed by atoms with Gasteiger partial charge in [0.2, 0.25) is 0 Å². The average Bonchev–Trinajstić information content (AvgIpc) is 3.28. The molecule has 2 amide bonds. The third-order valence-corrected chi connectivity index (χ3v) is 7.47. The van der Waals surface area contributed by atoms with Crippen molar-refractivity contribution in [2.24, 2.45) is 4.99 Å². The second-order valence-corrected chi connectivity index (χ2v) is 10.0. The minimum atomic E-state index is -0.734. The summed E-state index contributed by atoms with van der Waals surface area (Å²) < 4.78 is 5.27. The molecular weight excluding hydrogens is 552 g/mol. The first-order chi connectivity index (χ1) is 15.7. The van der Waals surface area contributed by atoms with Crippen LogP contribution >= 0.6 is 69.5 Å². The number of methoxy groups -OCH3 is 1. The number of carbonyl (C=O) groups is 3. The molecule has 1 aliphatic heterocycles. The summed E-state index contributed by atoms with van der Waals surface area (Å²) >= 11 is 26.1. The zero-order chi connectivity index (χ0) is 23.9. The molecule has 2 heterocycles. The van der Waals surface area contributed by atoms with Gasteiger partial charge < -0.3 is 4.74 Å². The Hall–Kier alpha value is -2.14. The Morgan fingerprint density at radius 3 is 2.52 bits per heavy atom. The molecular formula is C20H9Cl4N3O4S2. The number of nitrogens with zero attached hydrogens (tertiary/aromatic N) is 3. The first-order valence-electron chi connectivity index (χ1n) is 8.83. The highest BCUT2D eigenvalue weighted by molar-refractivity contribution is 8.19. The van der Waals surface area contributed by atoms with Gasteiger partial charge in [-0.15, -0.1) is 0 Å². The highest BCUT2D eigenvalue weighted by atomic mass is 35.5. The van der Waals surface area contributed by atoms with E-state index in [9.17, 15) is 14.4 Å². The molecule has 1 aromatic heterocycles. The Kier molecular flexibility index (Phi) is 6.99. The lowest BCUT2D eigenvalue weighted by atomic mass is 10.2. The van der Waals surface area contributed by atoms with Crippen molar-refractivity contribution in [2.75, 3.05) is 12.0 Å². The monoisotopic (exact) mass is 559 g/mol. The van der Waals surface area contributed by atoms with Gasteiger partial charge in [0.1, 0.15) is 0 Å². The number of hydrogen-bond acceptors (Lipinski definition) is 7. The van der Waals surface area contributed by atoms with Crippen LogP contribution in [0.4, 0.5) is 5.13 Å². The van der Waals surface area contributed by atoms with E-state index in [0.717, 1.165) is 34.1 Å². The molecule has 4 rings (SSSR count). The molecule has 0 radical (unpaired) electrons. The molecule has 1 saturated heterocycles. The van der Waals surface area contributed by atoms with Gasteiger partial charge in [0.15, 0.2) is 10.3 Å². The number of ether oxygens (including phenoxy) is 1. The maximum atomic E-state index is 13.1. The van der Waals surface area contributed by atoms with Crippen LogP contribution < -0.4 is 4.90 Å². The quantitative estimate of drug-likeness (QED) is 0.278. The second-order valence-electron chi connectivity index (χ2n) is 6.33. The fraction of sp³-hybridized carbons (Fsp3) is 0.0500. The van der Waals surface area contributed by atoms with Crippen LogP contribution in [0.3, 0.4) is 0 Å². The van der Waals surface area contributed by atoms with E-state index in [4.69, 9.17) is 46.4 Å². The van der Waals surface area contributed by atoms with E-state index >= 15 is 0 Å². The number of thioether (sulfide) groups is 1. The number of aliphatic imine (C=N–C) groups is 1. The van der Waals surface area contributed by atoms with E-state index in [-0.39, 0.29) is 25.8 Å². The van der Waals surface area contributed by atoms with E-state index in [0.29, 0.717) is 25.3 Å². The molecule has 0 saturated carbocycles. The maximum Gasteiger partial charge on any atom is 0.331 e. The SMILES string of the molecule is COC(=O)/C=C1\SC(=NC(=O)c2ccc(Cl)cc2Cl)N(c2nc3cc(Cl)c(Cl)cc3s2)C1=O. The lowest BCUT2D eigenvalue weighted by molar-refractivity contribution is -0.135. The summed E-state index contributed by atoms with van der Waals surface area (Å²) in [6.07, 6.45) is 1.02. The highest BCUT2D eigenvalue weighted by Gasteiger charge is 2.38. The van der Waals surface area contributed by atoms with Crippen LogP contribution in [0.15, 0.2) is 46.3 Å². The first-order valence-corrected chi connectivity index (χ1v) is 12.0. The van der Waals surface area contributed by atoms with Gasteiger partial charge >= 0.3 is 5.97 Å². The molecule has 1 aliphatic rings. The Balaban J connectivity index is 1.81. The standard InChI is InChI=1S/C20H9Cl4N3O4S2/c1-31-16(28)7-15-18(30)27(19-25-13-5-11(23)12(24)6-14(13)32-19)20(33-15)26-17(29)9-3-2-8(21)4-10(9)22/h2-7H,1H3/b15-7-,26-20?. The van der Waals surface area contributed by atoms with Crippen molar-refractivity contribution in [3.8, 4) is 0 Å². The molecule has 3 aromatic rings. The number of benzene rings is 2. The topological polar surface area (TPSA) is 88.9 Å². The number of thiazole rings is 1. The molecule has 1 fully saturated rings. The van der Waals surface area contributed by atoms with Crippen LogP contribution in [0.5, 0.6) is 0 Å². The molecule has 0 aliphatic carbocycles. The number of anilines is 1. The first kappa shape index (κ1) is 24.0. The number of rotatable bonds is 3. The van der Waals surface area contributed by atoms with Crippen LogP contribution in [0.1, 0.15) is 10.4 Å². The van der Waals surface area contributed by atoms with Gasteiger partial charge in [0.25, 0.3) is 11.8 Å². The third-order valence-electron chi connectivity index (χ3n) is 4.23. The van der Waals surface area contributed by atoms with Crippen LogP contribution in [0.25, 0.3) is 10.2 Å². The third kappa shape index (κ3) is 4.89. The van der Waals surface area contributed by atoms with E-state index in [1.165, 1.54) is 25.3 Å². The van der Waals surface area contributed by atoms with Crippen LogP contribution in [-0.2, 0) is 14.3 Å². The molecule has 0 atom stereocenters. The van der Waals surface area contributed by atoms with Crippen molar-refractivity contribution in [2.45, 2.75) is 0 Å². The van der Waals surface area contributed by atoms with Gasteiger partial charge in [0, 0.05) is 11.1 Å². The van der Waals surface area contributed by atoms with E-state index < -0.39 is 17.8 Å². The van der Waals surface area contributed by atoms with E-state index in [1.54, 1.807) is 12.1 Å². The summed E-state index contributed by atoms with van der Waals surface area (Å²) in [5.74, 6) is -2.04. The van der Waals surface area contributed by atoms with Crippen molar-refractivity contribution in [3.63, 3.8) is 0 Å². The zero-order valence-electron chi connectivity index (χ0n) is 16.3. The molecule has 0 unspecified atom stereocenters. The summed E-state index contributed by atoms with van der Waals surface area (Å²) in [6, 6.07) is 7.51. The molecule has 2 aromatic carbocycles. The number of carbonyl (C=O) groups excluding carboxylic acids is 3. The van der Waals surface area contributed by atoms with Crippen LogP contribution in [0.2, 0.25) is 20.1 Å². The van der Waals surface area contributed by atoms with Crippen LogP contribution in [-0.4, -0.2) is 35.0 Å². The van der Waals surface area contributed by atoms with Crippen molar-refractivity contribution < 1.29 is 19.1 Å². The van der Waals surface area contributed by atoms with Crippen molar-refractivity contribution in [3.05, 3.63) is 67.0 Å². The molecule has 0 N–H and O–H groups in total. The number of amidine groups is 1. The molecule has 0 bridgehead atoms. The lowest BCUT2D eigenvalue weighted by Crippen LogP contribution is -2.29. The number of amides is 2. The molecule has 13 heteroatoms. The van der Waals surface area contributed by atoms with Gasteiger partial charge in [-0.2, -0.15) is 4.99 Å². The second kappa shape index (κ2) is 9.61.